The molecule has 0 aliphatic rings. The van der Waals surface area contributed by atoms with E-state index in [1.54, 1.807) is 0 Å². The molecule has 0 saturated carbocycles. The van der Waals surface area contributed by atoms with Crippen molar-refractivity contribution in [1.29, 1.82) is 5.26 Å². The molecule has 0 aliphatic carbocycles. The third-order valence-electron chi connectivity index (χ3n) is 19.7. The molecule has 0 fully saturated rings. The predicted octanol–water partition coefficient (Wildman–Crippen LogP) is 24.0. The van der Waals surface area contributed by atoms with Crippen molar-refractivity contribution in [1.82, 2.24) is 18.3 Å². The first-order valence-electron chi connectivity index (χ1n) is 32.0. The van der Waals surface area contributed by atoms with E-state index in [1.165, 1.54) is 32.2 Å². The van der Waals surface area contributed by atoms with Crippen LogP contribution >= 0.6 is 11.3 Å². The van der Waals surface area contributed by atoms with Crippen molar-refractivity contribution >= 4 is 146 Å². The molecule has 6 heterocycles. The Morgan fingerprint density at radius 2 is 0.815 bits per heavy atom. The summed E-state index contributed by atoms with van der Waals surface area (Å²) < 4.78 is 19.2. The van der Waals surface area contributed by atoms with Gasteiger partial charge in [0.2, 0.25) is 5.69 Å². The fourth-order valence-electron chi connectivity index (χ4n) is 15.4. The van der Waals surface area contributed by atoms with Crippen molar-refractivity contribution < 1.29 is 4.42 Å². The minimum Gasteiger partial charge on any atom is -0.454 e. The zero-order valence-corrected chi connectivity index (χ0v) is 54.8. The summed E-state index contributed by atoms with van der Waals surface area (Å²) >= 11 is 1.83. The summed E-state index contributed by atoms with van der Waals surface area (Å²) in [5, 5.41) is 26.1. The number of nitriles is 1. The monoisotopic (exact) mass is 1210 g/mol. The van der Waals surface area contributed by atoms with E-state index in [0.717, 1.165) is 120 Å². The Hall–Kier alpha value is -10.4. The molecule has 0 radical (unpaired) electrons. The predicted molar refractivity (Wildman–Crippen MR) is 390 cm³/mol. The van der Waals surface area contributed by atoms with E-state index in [-0.39, 0.29) is 21.7 Å². The topological polar surface area (TPSA) is 61.0 Å². The number of aromatic nitrogens is 4. The molecule has 0 unspecified atom stereocenters. The van der Waals surface area contributed by atoms with Crippen molar-refractivity contribution in [2.75, 3.05) is 0 Å². The van der Waals surface area contributed by atoms with Crippen LogP contribution in [0.1, 0.15) is 111 Å². The van der Waals surface area contributed by atoms with Crippen LogP contribution in [0, 0.1) is 17.9 Å². The van der Waals surface area contributed by atoms with Gasteiger partial charge in [-0.25, -0.2) is 4.85 Å². The molecule has 92 heavy (non-hydrogen) atoms. The lowest BCUT2D eigenvalue weighted by Gasteiger charge is -2.28. The van der Waals surface area contributed by atoms with Crippen LogP contribution in [0.2, 0.25) is 0 Å². The summed E-state index contributed by atoms with van der Waals surface area (Å²) in [4.78, 5) is 5.03. The number of hydrogen-bond acceptors (Lipinski definition) is 3. The molecule has 0 amide bonds. The summed E-state index contributed by atoms with van der Waals surface area (Å²) in [6, 6.07) is 73.5. The van der Waals surface area contributed by atoms with Gasteiger partial charge in [0.25, 0.3) is 0 Å². The molecule has 8 heteroatoms. The third-order valence-corrected chi connectivity index (χ3v) is 20.9. The van der Waals surface area contributed by atoms with Crippen LogP contribution in [-0.2, 0) is 21.7 Å². The fourth-order valence-corrected chi connectivity index (χ4v) is 16.7. The maximum Gasteiger partial charge on any atom is 0.237 e. The highest BCUT2D eigenvalue weighted by Gasteiger charge is 2.38. The second kappa shape index (κ2) is 19.1. The Labute approximate surface area is 538 Å². The maximum absolute atomic E-state index is 13.2. The first kappa shape index (κ1) is 55.7. The largest absolute Gasteiger partial charge is 0.454 e. The van der Waals surface area contributed by atoms with Crippen molar-refractivity contribution in [2.45, 2.75) is 105 Å². The van der Waals surface area contributed by atoms with Crippen LogP contribution < -0.4 is 0 Å². The Bertz CT molecular complexity index is 5940. The van der Waals surface area contributed by atoms with Crippen molar-refractivity contribution in [3.63, 3.8) is 0 Å². The maximum atomic E-state index is 13.2. The highest BCUT2D eigenvalue weighted by atomic mass is 32.1. The van der Waals surface area contributed by atoms with Crippen molar-refractivity contribution in [2.24, 2.45) is 0 Å². The summed E-state index contributed by atoms with van der Waals surface area (Å²) in [7, 11) is 0. The van der Waals surface area contributed by atoms with Crippen LogP contribution in [0.4, 0.5) is 5.69 Å². The second-order valence-corrected chi connectivity index (χ2v) is 30.5. The number of hydrogen-bond donors (Lipinski definition) is 0. The summed E-state index contributed by atoms with van der Waals surface area (Å²) in [6.45, 7) is 37.8. The summed E-state index contributed by atoms with van der Waals surface area (Å²) in [6.07, 6.45) is 0. The zero-order valence-electron chi connectivity index (χ0n) is 54.0. The lowest BCUT2D eigenvalue weighted by atomic mass is 9.82. The Balaban J connectivity index is 1.22. The number of thiophene rings is 1. The average Bonchev–Trinajstić information content (AvgIpc) is 1.48. The molecular formula is C84H68N6OS. The normalized spacial score (nSPS) is 13.0. The van der Waals surface area contributed by atoms with Crippen LogP contribution in [0.15, 0.2) is 199 Å². The number of rotatable bonds is 4. The number of fused-ring (bicyclic) bond motifs is 20. The smallest absolute Gasteiger partial charge is 0.237 e. The molecule has 17 rings (SSSR count). The number of furan rings is 1. The van der Waals surface area contributed by atoms with E-state index in [1.807, 2.05) is 17.4 Å². The van der Waals surface area contributed by atoms with Gasteiger partial charge in [-0.2, -0.15) is 5.26 Å². The average molecular weight is 1210 g/mol. The molecule has 446 valence electrons. The van der Waals surface area contributed by atoms with Gasteiger partial charge >= 0.3 is 0 Å². The van der Waals surface area contributed by atoms with E-state index < -0.39 is 0 Å². The van der Waals surface area contributed by atoms with Crippen LogP contribution in [0.5, 0.6) is 0 Å². The summed E-state index contributed by atoms with van der Waals surface area (Å²) in [5.74, 6) is 0. The Morgan fingerprint density at radius 3 is 1.30 bits per heavy atom. The van der Waals surface area contributed by atoms with Gasteiger partial charge in [-0.1, -0.05) is 204 Å². The number of para-hydroxylation sites is 5. The van der Waals surface area contributed by atoms with Gasteiger partial charge in [0.05, 0.1) is 83.7 Å². The quantitative estimate of drug-likeness (QED) is 0.165. The Morgan fingerprint density at radius 1 is 0.391 bits per heavy atom. The fraction of sp³-hybridized carbons (Fsp3) is 0.190. The van der Waals surface area contributed by atoms with Gasteiger partial charge in [0.1, 0.15) is 11.7 Å². The first-order valence-corrected chi connectivity index (χ1v) is 32.8. The molecule has 17 aromatic rings. The van der Waals surface area contributed by atoms with Crippen molar-refractivity contribution in [3.05, 3.63) is 233 Å². The first-order chi connectivity index (χ1) is 44.1. The van der Waals surface area contributed by atoms with Gasteiger partial charge in [0, 0.05) is 69.3 Å². The van der Waals surface area contributed by atoms with Crippen LogP contribution in [0.25, 0.3) is 157 Å². The molecule has 0 atom stereocenters. The Kier molecular flexibility index (Phi) is 11.6. The van der Waals surface area contributed by atoms with E-state index in [2.05, 4.69) is 295 Å². The standard InChI is InChI=1S/C84H68N6OS/c1-81(2,3)47-38-40-66-55(42-47)57-44-60(83(7,8)9)70-53-30-18-24-36-68(53)91-79(70)75(57)89(66)73-59(46-85)74(87-62-32-20-14-26-49(62)50-27-15-21-33-63(50)87)78(77(72(73)86-13)88-64-34-22-16-28-51(64)52-29-17-23-35-65(52)88)90-67-41-39-48(82(4,5)6)43-56(67)58-45-61(84(10,11)12)71-54-31-19-25-37-69(54)92-80(71)76(58)90/h14-45H,1-12H3. The molecule has 0 aliphatic heterocycles. The minimum absolute atomic E-state index is 0.193. The number of nitrogens with zero attached hydrogens (tertiary/aromatic N) is 6. The van der Waals surface area contributed by atoms with Gasteiger partial charge < -0.3 is 22.7 Å². The molecule has 0 saturated heterocycles. The third kappa shape index (κ3) is 7.65. The molecule has 6 aromatic heterocycles. The molecular weight excluding hydrogens is 1140 g/mol. The van der Waals surface area contributed by atoms with E-state index >= 15 is 0 Å². The van der Waals surface area contributed by atoms with Crippen LogP contribution in [0.3, 0.4) is 0 Å². The molecule has 0 spiro atoms. The van der Waals surface area contributed by atoms with E-state index in [0.29, 0.717) is 33.9 Å². The highest BCUT2D eigenvalue weighted by Crippen LogP contribution is 2.56. The van der Waals surface area contributed by atoms with Gasteiger partial charge in [0.15, 0.2) is 5.58 Å². The second-order valence-electron chi connectivity index (χ2n) is 29.5. The molecule has 11 aromatic carbocycles. The molecule has 7 nitrogen and oxygen atoms in total. The van der Waals surface area contributed by atoms with E-state index in [9.17, 15) is 11.8 Å². The van der Waals surface area contributed by atoms with Gasteiger partial charge in [-0.15, -0.1) is 11.3 Å². The lowest BCUT2D eigenvalue weighted by Crippen LogP contribution is -2.15. The van der Waals surface area contributed by atoms with Crippen molar-refractivity contribution in [3.8, 4) is 28.8 Å². The minimum atomic E-state index is -0.312. The van der Waals surface area contributed by atoms with Gasteiger partial charge in [-0.05, 0) is 117 Å². The zero-order chi connectivity index (χ0) is 63.4. The molecule has 0 N–H and O–H groups in total. The van der Waals surface area contributed by atoms with E-state index in [4.69, 9.17) is 9.26 Å². The lowest BCUT2D eigenvalue weighted by molar-refractivity contribution is 0.591. The summed E-state index contributed by atoms with van der Waals surface area (Å²) in [5.41, 5.74) is 15.9. The number of benzene rings is 11. The SMILES string of the molecule is [C-]#[N+]c1c(-n2c3ccccc3c3ccccc32)c(-n2c3ccc(C(C)(C)C)cc3c3cc(C(C)(C)C)c4c5ccccc5sc4c32)c(-n2c3ccccc3c3ccccc32)c(C#N)c1-n1c2ccc(C(C)(C)C)cc2c2cc(C(C)(C)C)c3c4ccccc4oc3c21. The van der Waals surface area contributed by atoms with Crippen LogP contribution in [-0.4, -0.2) is 18.3 Å². The van der Waals surface area contributed by atoms with Gasteiger partial charge in [-0.3, -0.25) is 0 Å². The molecule has 0 bridgehead atoms. The highest BCUT2D eigenvalue weighted by molar-refractivity contribution is 7.26.